The van der Waals surface area contributed by atoms with Gasteiger partial charge >= 0.3 is 0 Å². The van der Waals surface area contributed by atoms with Crippen molar-refractivity contribution in [3.8, 4) is 11.5 Å². The molecule has 0 amide bonds. The number of nitrogens with one attached hydrogen (secondary N) is 1. The van der Waals surface area contributed by atoms with E-state index >= 15 is 0 Å². The first kappa shape index (κ1) is 10.5. The Hall–Kier alpha value is -2.28. The molecular weight excluding hydrogens is 272 g/mol. The van der Waals surface area contributed by atoms with Gasteiger partial charge in [-0.2, -0.15) is 5.10 Å². The van der Waals surface area contributed by atoms with E-state index in [9.17, 15) is 0 Å². The maximum Gasteiger partial charge on any atom is 0.202 e. The third-order valence-corrected chi connectivity index (χ3v) is 4.47. The summed E-state index contributed by atoms with van der Waals surface area (Å²) in [6.45, 7) is 0. The van der Waals surface area contributed by atoms with Crippen LogP contribution in [0.4, 0.5) is 0 Å². The standard InChI is InChI=1S/C13H10N6S/c1-2-7(1)9-5-10(17-16-9)11-15-12-8-3-4-20-13(8)14-6-19(12)18-11/h3-7H,1-2H2,(H,16,17). The van der Waals surface area contributed by atoms with Gasteiger partial charge in [-0.3, -0.25) is 5.10 Å². The molecule has 0 unspecified atom stereocenters. The van der Waals surface area contributed by atoms with Gasteiger partial charge < -0.3 is 0 Å². The number of hydrogen-bond acceptors (Lipinski definition) is 5. The van der Waals surface area contributed by atoms with Gasteiger partial charge in [-0.25, -0.2) is 14.5 Å². The summed E-state index contributed by atoms with van der Waals surface area (Å²) in [6.07, 6.45) is 4.21. The number of fused-ring (bicyclic) bond motifs is 3. The van der Waals surface area contributed by atoms with Crippen molar-refractivity contribution in [2.45, 2.75) is 18.8 Å². The first-order chi connectivity index (χ1) is 9.88. The van der Waals surface area contributed by atoms with Crippen molar-refractivity contribution >= 4 is 27.2 Å². The first-order valence-corrected chi connectivity index (χ1v) is 7.41. The van der Waals surface area contributed by atoms with Crippen LogP contribution in [0, 0.1) is 0 Å². The maximum absolute atomic E-state index is 4.61. The molecule has 0 saturated heterocycles. The summed E-state index contributed by atoms with van der Waals surface area (Å²) in [4.78, 5) is 9.97. The van der Waals surface area contributed by atoms with Crippen LogP contribution in [-0.2, 0) is 0 Å². The Balaban J connectivity index is 1.70. The van der Waals surface area contributed by atoms with Crippen LogP contribution in [0.2, 0.25) is 0 Å². The second-order valence-corrected chi connectivity index (χ2v) is 5.96. The number of aromatic amines is 1. The Morgan fingerprint density at radius 2 is 2.30 bits per heavy atom. The van der Waals surface area contributed by atoms with Crippen molar-refractivity contribution in [2.24, 2.45) is 0 Å². The molecule has 4 aromatic heterocycles. The molecule has 1 N–H and O–H groups in total. The zero-order chi connectivity index (χ0) is 13.1. The zero-order valence-corrected chi connectivity index (χ0v) is 11.3. The Morgan fingerprint density at radius 1 is 1.35 bits per heavy atom. The van der Waals surface area contributed by atoms with Gasteiger partial charge in [0.1, 0.15) is 16.9 Å². The van der Waals surface area contributed by atoms with Gasteiger partial charge in [-0.15, -0.1) is 16.4 Å². The molecule has 0 spiro atoms. The molecule has 4 aromatic rings. The summed E-state index contributed by atoms with van der Waals surface area (Å²) in [7, 11) is 0. The van der Waals surface area contributed by atoms with Gasteiger partial charge in [0.15, 0.2) is 5.65 Å². The second-order valence-electron chi connectivity index (χ2n) is 5.07. The minimum Gasteiger partial charge on any atom is -0.282 e. The van der Waals surface area contributed by atoms with Crippen LogP contribution in [0.25, 0.3) is 27.4 Å². The van der Waals surface area contributed by atoms with Crippen molar-refractivity contribution in [2.75, 3.05) is 0 Å². The summed E-state index contributed by atoms with van der Waals surface area (Å²) in [5.74, 6) is 1.30. The van der Waals surface area contributed by atoms with E-state index < -0.39 is 0 Å². The van der Waals surface area contributed by atoms with Crippen molar-refractivity contribution in [3.05, 3.63) is 29.5 Å². The fraction of sp³-hybridized carbons (Fsp3) is 0.231. The SMILES string of the molecule is c1cc2c(ncn3nc(-c4cc(C5CC5)[nH]n4)nc23)s1. The molecule has 0 radical (unpaired) electrons. The van der Waals surface area contributed by atoms with E-state index in [4.69, 9.17) is 0 Å². The highest BCUT2D eigenvalue weighted by molar-refractivity contribution is 7.16. The van der Waals surface area contributed by atoms with E-state index in [1.165, 1.54) is 18.5 Å². The molecule has 0 aromatic carbocycles. The molecule has 98 valence electrons. The van der Waals surface area contributed by atoms with Gasteiger partial charge in [0, 0.05) is 11.6 Å². The van der Waals surface area contributed by atoms with Gasteiger partial charge in [-0.1, -0.05) is 0 Å². The summed E-state index contributed by atoms with van der Waals surface area (Å²) in [5.41, 5.74) is 2.83. The predicted molar refractivity (Wildman–Crippen MR) is 75.7 cm³/mol. The largest absolute Gasteiger partial charge is 0.282 e. The lowest BCUT2D eigenvalue weighted by molar-refractivity contribution is 0.931. The average molecular weight is 282 g/mol. The average Bonchev–Trinajstić information content (AvgIpc) is 2.94. The van der Waals surface area contributed by atoms with Crippen molar-refractivity contribution in [3.63, 3.8) is 0 Å². The molecule has 7 heteroatoms. The Bertz CT molecular complexity index is 929. The quantitative estimate of drug-likeness (QED) is 0.613. The van der Waals surface area contributed by atoms with Crippen LogP contribution in [0.1, 0.15) is 24.5 Å². The van der Waals surface area contributed by atoms with Crippen molar-refractivity contribution in [1.29, 1.82) is 0 Å². The third kappa shape index (κ3) is 1.44. The number of rotatable bonds is 2. The molecule has 0 atom stereocenters. The fourth-order valence-electron chi connectivity index (χ4n) is 2.43. The highest BCUT2D eigenvalue weighted by Crippen LogP contribution is 2.39. The topological polar surface area (TPSA) is 71.8 Å². The summed E-state index contributed by atoms with van der Waals surface area (Å²) in [6, 6.07) is 4.09. The fourth-order valence-corrected chi connectivity index (χ4v) is 3.16. The molecule has 0 aliphatic heterocycles. The second kappa shape index (κ2) is 3.63. The van der Waals surface area contributed by atoms with Crippen LogP contribution in [-0.4, -0.2) is 29.8 Å². The van der Waals surface area contributed by atoms with Crippen LogP contribution in [0.5, 0.6) is 0 Å². The lowest BCUT2D eigenvalue weighted by atomic mass is 10.2. The number of hydrogen-bond donors (Lipinski definition) is 1. The van der Waals surface area contributed by atoms with E-state index in [1.807, 2.05) is 11.4 Å². The van der Waals surface area contributed by atoms with E-state index in [1.54, 1.807) is 22.2 Å². The summed E-state index contributed by atoms with van der Waals surface area (Å²) in [5, 5.41) is 14.9. The Kier molecular flexibility index (Phi) is 1.91. The minimum atomic E-state index is 0.647. The van der Waals surface area contributed by atoms with E-state index in [0.717, 1.165) is 21.6 Å². The highest BCUT2D eigenvalue weighted by atomic mass is 32.1. The molecule has 1 fully saturated rings. The molecule has 0 bridgehead atoms. The molecule has 1 aliphatic carbocycles. The summed E-state index contributed by atoms with van der Waals surface area (Å²) >= 11 is 1.61. The molecule has 1 aliphatic rings. The smallest absolute Gasteiger partial charge is 0.202 e. The number of thiophene rings is 1. The minimum absolute atomic E-state index is 0.647. The Labute approximate surface area is 117 Å². The van der Waals surface area contributed by atoms with Crippen LogP contribution in [0.15, 0.2) is 23.8 Å². The number of aromatic nitrogens is 6. The Morgan fingerprint density at radius 3 is 3.20 bits per heavy atom. The molecule has 6 nitrogen and oxygen atoms in total. The van der Waals surface area contributed by atoms with Crippen LogP contribution < -0.4 is 0 Å². The first-order valence-electron chi connectivity index (χ1n) is 6.53. The zero-order valence-electron chi connectivity index (χ0n) is 10.4. The molecule has 4 heterocycles. The molecular formula is C13H10N6S. The van der Waals surface area contributed by atoms with Crippen molar-refractivity contribution in [1.82, 2.24) is 29.8 Å². The van der Waals surface area contributed by atoms with E-state index in [-0.39, 0.29) is 0 Å². The monoisotopic (exact) mass is 282 g/mol. The highest BCUT2D eigenvalue weighted by Gasteiger charge is 2.26. The number of nitrogens with zero attached hydrogens (tertiary/aromatic N) is 5. The van der Waals surface area contributed by atoms with Crippen molar-refractivity contribution < 1.29 is 0 Å². The van der Waals surface area contributed by atoms with E-state index in [2.05, 4.69) is 31.3 Å². The van der Waals surface area contributed by atoms with Gasteiger partial charge in [0.2, 0.25) is 5.82 Å². The molecule has 20 heavy (non-hydrogen) atoms. The van der Waals surface area contributed by atoms with Gasteiger partial charge in [0.25, 0.3) is 0 Å². The van der Waals surface area contributed by atoms with Gasteiger partial charge in [0.05, 0.1) is 5.39 Å². The third-order valence-electron chi connectivity index (χ3n) is 3.65. The molecule has 1 saturated carbocycles. The summed E-state index contributed by atoms with van der Waals surface area (Å²) < 4.78 is 1.72. The number of H-pyrrole nitrogens is 1. The van der Waals surface area contributed by atoms with E-state index in [0.29, 0.717) is 11.7 Å². The maximum atomic E-state index is 4.61. The van der Waals surface area contributed by atoms with Crippen LogP contribution in [0.3, 0.4) is 0 Å². The van der Waals surface area contributed by atoms with Crippen LogP contribution >= 0.6 is 11.3 Å². The lowest BCUT2D eigenvalue weighted by Gasteiger charge is -1.90. The van der Waals surface area contributed by atoms with Gasteiger partial charge in [-0.05, 0) is 30.4 Å². The lowest BCUT2D eigenvalue weighted by Crippen LogP contribution is -1.88. The normalized spacial score (nSPS) is 15.4. The molecule has 5 rings (SSSR count). The predicted octanol–water partition coefficient (Wildman–Crippen LogP) is 2.61.